The fourth-order valence-corrected chi connectivity index (χ4v) is 2.74. The molecular weight excluding hydrogens is 242 g/mol. The summed E-state index contributed by atoms with van der Waals surface area (Å²) in [5, 5.41) is 4.54. The van der Waals surface area contributed by atoms with Crippen LogP contribution in [-0.2, 0) is 0 Å². The molecule has 0 radical (unpaired) electrons. The first-order chi connectivity index (χ1) is 8.86. The van der Waals surface area contributed by atoms with Crippen molar-refractivity contribution in [3.05, 3.63) is 30.3 Å². The Morgan fingerprint density at radius 2 is 2.17 bits per heavy atom. The Hall–Kier alpha value is -1.16. The first-order valence-electron chi connectivity index (χ1n) is 6.53. The Kier molecular flexibility index (Phi) is 5.39. The molecule has 1 aliphatic heterocycles. The highest BCUT2D eigenvalue weighted by atomic mass is 32.2. The quantitative estimate of drug-likeness (QED) is 0.828. The molecule has 2 rings (SSSR count). The summed E-state index contributed by atoms with van der Waals surface area (Å²) in [5.41, 5.74) is 1.28. The maximum absolute atomic E-state index is 4.46. The Labute approximate surface area is 114 Å². The topological polar surface area (TPSA) is 27.6 Å². The minimum absolute atomic E-state index is 0.985. The van der Waals surface area contributed by atoms with E-state index in [0.29, 0.717) is 0 Å². The number of para-hydroxylation sites is 1. The highest BCUT2D eigenvalue weighted by Crippen LogP contribution is 2.12. The molecule has 0 unspecified atom stereocenters. The van der Waals surface area contributed by atoms with Gasteiger partial charge in [-0.25, -0.2) is 0 Å². The smallest absolute Gasteiger partial charge is 0.156 e. The van der Waals surface area contributed by atoms with Gasteiger partial charge >= 0.3 is 0 Å². The fourth-order valence-electron chi connectivity index (χ4n) is 1.89. The lowest BCUT2D eigenvalue weighted by molar-refractivity contribution is 0.752. The summed E-state index contributed by atoms with van der Waals surface area (Å²) in [4.78, 5) is 6.75. The van der Waals surface area contributed by atoms with Crippen LogP contribution in [0, 0.1) is 0 Å². The molecule has 18 heavy (non-hydrogen) atoms. The zero-order valence-corrected chi connectivity index (χ0v) is 11.7. The van der Waals surface area contributed by atoms with E-state index in [-0.39, 0.29) is 0 Å². The van der Waals surface area contributed by atoms with Gasteiger partial charge < -0.3 is 10.2 Å². The van der Waals surface area contributed by atoms with Crippen molar-refractivity contribution in [1.29, 1.82) is 0 Å². The van der Waals surface area contributed by atoms with Crippen molar-refractivity contribution in [3.63, 3.8) is 0 Å². The van der Waals surface area contributed by atoms with E-state index in [4.69, 9.17) is 0 Å². The highest BCUT2D eigenvalue weighted by Gasteiger charge is 2.04. The van der Waals surface area contributed by atoms with Gasteiger partial charge in [0.15, 0.2) is 5.17 Å². The van der Waals surface area contributed by atoms with Crippen molar-refractivity contribution in [2.24, 2.45) is 4.99 Å². The van der Waals surface area contributed by atoms with Crippen molar-refractivity contribution < 1.29 is 0 Å². The molecule has 98 valence electrons. The Balaban J connectivity index is 1.65. The molecule has 3 nitrogen and oxygen atoms in total. The van der Waals surface area contributed by atoms with Gasteiger partial charge in [0.25, 0.3) is 0 Å². The molecule has 4 heteroatoms. The molecule has 0 spiro atoms. The normalized spacial score (nSPS) is 15.1. The molecule has 1 aromatic rings. The third kappa shape index (κ3) is 4.26. The number of rotatable bonds is 5. The van der Waals surface area contributed by atoms with Crippen LogP contribution in [-0.4, -0.2) is 37.6 Å². The fraction of sp³-hybridized carbons (Fsp3) is 0.500. The second-order valence-electron chi connectivity index (χ2n) is 4.43. The predicted octanol–water partition coefficient (Wildman–Crippen LogP) is 2.60. The minimum Gasteiger partial charge on any atom is -0.375 e. The van der Waals surface area contributed by atoms with E-state index >= 15 is 0 Å². The lowest BCUT2D eigenvalue weighted by Gasteiger charge is -2.19. The monoisotopic (exact) mass is 263 g/mol. The summed E-state index contributed by atoms with van der Waals surface area (Å²) < 4.78 is 0. The zero-order valence-electron chi connectivity index (χ0n) is 10.9. The van der Waals surface area contributed by atoms with Crippen LogP contribution in [0.1, 0.15) is 12.8 Å². The number of nitrogens with zero attached hydrogens (tertiary/aromatic N) is 2. The molecule has 0 aromatic heterocycles. The first kappa shape index (κ1) is 13.3. The number of anilines is 1. The average molecular weight is 263 g/mol. The Morgan fingerprint density at radius 1 is 1.33 bits per heavy atom. The summed E-state index contributed by atoms with van der Waals surface area (Å²) in [6, 6.07) is 10.5. The van der Waals surface area contributed by atoms with E-state index in [1.54, 1.807) is 0 Å². The highest BCUT2D eigenvalue weighted by molar-refractivity contribution is 8.13. The van der Waals surface area contributed by atoms with Crippen LogP contribution in [0.15, 0.2) is 35.3 Å². The van der Waals surface area contributed by atoms with Crippen LogP contribution in [0.4, 0.5) is 5.69 Å². The summed E-state index contributed by atoms with van der Waals surface area (Å²) in [7, 11) is 2.14. The maximum atomic E-state index is 4.46. The maximum Gasteiger partial charge on any atom is 0.156 e. The summed E-state index contributed by atoms with van der Waals surface area (Å²) in [6.45, 7) is 3.05. The predicted molar refractivity (Wildman–Crippen MR) is 81.7 cm³/mol. The number of hydrogen-bond acceptors (Lipinski definition) is 4. The van der Waals surface area contributed by atoms with Crippen LogP contribution in [0.3, 0.4) is 0 Å². The van der Waals surface area contributed by atoms with Gasteiger partial charge in [0, 0.05) is 38.1 Å². The van der Waals surface area contributed by atoms with Crippen molar-refractivity contribution in [2.45, 2.75) is 12.8 Å². The van der Waals surface area contributed by atoms with Crippen LogP contribution in [0.2, 0.25) is 0 Å². The van der Waals surface area contributed by atoms with Gasteiger partial charge in [0.2, 0.25) is 0 Å². The molecule has 1 heterocycles. The molecule has 1 aromatic carbocycles. The average Bonchev–Trinajstić information content (AvgIpc) is 2.45. The largest absolute Gasteiger partial charge is 0.375 e. The van der Waals surface area contributed by atoms with E-state index in [9.17, 15) is 0 Å². The van der Waals surface area contributed by atoms with Gasteiger partial charge in [-0.1, -0.05) is 30.0 Å². The van der Waals surface area contributed by atoms with Crippen LogP contribution in [0.25, 0.3) is 0 Å². The number of benzene rings is 1. The molecule has 0 fully saturated rings. The van der Waals surface area contributed by atoms with E-state index in [1.165, 1.54) is 17.9 Å². The van der Waals surface area contributed by atoms with Crippen LogP contribution >= 0.6 is 11.8 Å². The molecule has 1 aliphatic rings. The SMILES string of the molecule is CN(CCCNC1=NCCCS1)c1ccccc1. The number of aliphatic imine (C=N–C) groups is 1. The molecule has 0 aliphatic carbocycles. The number of thioether (sulfide) groups is 1. The van der Waals surface area contributed by atoms with E-state index in [1.807, 2.05) is 11.8 Å². The van der Waals surface area contributed by atoms with Gasteiger partial charge in [-0.2, -0.15) is 0 Å². The van der Waals surface area contributed by atoms with Gasteiger partial charge in [-0.3, -0.25) is 4.99 Å². The lowest BCUT2D eigenvalue weighted by atomic mass is 10.3. The molecule has 1 N–H and O–H groups in total. The Morgan fingerprint density at radius 3 is 2.89 bits per heavy atom. The molecule has 0 amide bonds. The zero-order chi connectivity index (χ0) is 12.6. The van der Waals surface area contributed by atoms with Gasteiger partial charge in [0.1, 0.15) is 0 Å². The van der Waals surface area contributed by atoms with Crippen LogP contribution in [0.5, 0.6) is 0 Å². The minimum atomic E-state index is 0.985. The second-order valence-corrected chi connectivity index (χ2v) is 5.51. The van der Waals surface area contributed by atoms with E-state index in [2.05, 4.69) is 52.6 Å². The van der Waals surface area contributed by atoms with E-state index in [0.717, 1.165) is 31.2 Å². The van der Waals surface area contributed by atoms with Gasteiger partial charge in [-0.05, 0) is 25.0 Å². The van der Waals surface area contributed by atoms with Crippen molar-refractivity contribution in [1.82, 2.24) is 5.32 Å². The van der Waals surface area contributed by atoms with Gasteiger partial charge in [0.05, 0.1) is 0 Å². The van der Waals surface area contributed by atoms with Crippen molar-refractivity contribution in [3.8, 4) is 0 Å². The third-order valence-electron chi connectivity index (χ3n) is 2.94. The Bertz CT molecular complexity index is 378. The molecular formula is C14H21N3S. The second kappa shape index (κ2) is 7.31. The van der Waals surface area contributed by atoms with Gasteiger partial charge in [-0.15, -0.1) is 0 Å². The lowest BCUT2D eigenvalue weighted by Crippen LogP contribution is -2.28. The number of hydrogen-bond donors (Lipinski definition) is 1. The summed E-state index contributed by atoms with van der Waals surface area (Å²) >= 11 is 1.84. The third-order valence-corrected chi connectivity index (χ3v) is 3.98. The van der Waals surface area contributed by atoms with Crippen molar-refractivity contribution in [2.75, 3.05) is 37.3 Å². The molecule has 0 bridgehead atoms. The van der Waals surface area contributed by atoms with E-state index < -0.39 is 0 Å². The summed E-state index contributed by atoms with van der Waals surface area (Å²) in [6.07, 6.45) is 2.34. The standard InChI is InChI=1S/C14H21N3S/c1-17(13-7-3-2-4-8-13)11-5-9-15-14-16-10-6-12-18-14/h2-4,7-8H,5-6,9-12H2,1H3,(H,15,16). The summed E-state index contributed by atoms with van der Waals surface area (Å²) in [5.74, 6) is 1.20. The molecule has 0 atom stereocenters. The molecule has 0 saturated carbocycles. The van der Waals surface area contributed by atoms with Crippen molar-refractivity contribution >= 4 is 22.6 Å². The molecule has 0 saturated heterocycles. The van der Waals surface area contributed by atoms with Crippen LogP contribution < -0.4 is 10.2 Å². The number of nitrogens with one attached hydrogen (secondary N) is 1. The number of amidine groups is 1. The first-order valence-corrected chi connectivity index (χ1v) is 7.52.